The number of benzene rings is 3. The van der Waals surface area contributed by atoms with Crippen molar-refractivity contribution in [2.45, 2.75) is 19.3 Å². The van der Waals surface area contributed by atoms with Gasteiger partial charge in [-0.2, -0.15) is 0 Å². The Morgan fingerprint density at radius 2 is 1.47 bits per heavy atom. The van der Waals surface area contributed by atoms with Crippen LogP contribution in [0.4, 0.5) is 14.5 Å². The van der Waals surface area contributed by atoms with Gasteiger partial charge in [-0.25, -0.2) is 8.78 Å². The molecule has 3 aromatic carbocycles. The van der Waals surface area contributed by atoms with E-state index in [0.717, 1.165) is 45.2 Å². The molecule has 3 aromatic rings. The quantitative estimate of drug-likeness (QED) is 0.361. The topological polar surface area (TPSA) is 139 Å². The molecule has 4 rings (SSSR count). The molecule has 1 aliphatic rings. The molecule has 0 aromatic heterocycles. The fraction of sp³-hybridized carbons (Fsp3) is 0.192. The fourth-order valence-electron chi connectivity index (χ4n) is 4.22. The molecule has 0 spiro atoms. The third kappa shape index (κ3) is 5.65. The Morgan fingerprint density at radius 3 is 2.05 bits per heavy atom. The lowest BCUT2D eigenvalue weighted by Gasteiger charge is -2.29. The average molecular weight is 523 g/mol. The van der Waals surface area contributed by atoms with Crippen LogP contribution in [0.5, 0.6) is 0 Å². The maximum atomic E-state index is 13.8. The van der Waals surface area contributed by atoms with Crippen LogP contribution in [0.2, 0.25) is 0 Å². The van der Waals surface area contributed by atoms with Crippen molar-refractivity contribution < 1.29 is 28.1 Å². The van der Waals surface area contributed by atoms with Crippen molar-refractivity contribution in [2.75, 3.05) is 13.1 Å². The minimum absolute atomic E-state index is 0.0555. The number of carbonyl (C=O) groups is 3. The Morgan fingerprint density at radius 1 is 0.895 bits per heavy atom. The zero-order valence-corrected chi connectivity index (χ0v) is 20.0. The molecule has 1 fully saturated rings. The van der Waals surface area contributed by atoms with E-state index in [9.17, 15) is 33.3 Å². The fourth-order valence-corrected chi connectivity index (χ4v) is 4.22. The lowest BCUT2D eigenvalue weighted by molar-refractivity contribution is -0.384. The van der Waals surface area contributed by atoms with Gasteiger partial charge in [-0.1, -0.05) is 24.3 Å². The number of nitro groups is 1. The monoisotopic (exact) mass is 523 g/mol. The van der Waals surface area contributed by atoms with Gasteiger partial charge in [0, 0.05) is 55.5 Å². The van der Waals surface area contributed by atoms with Gasteiger partial charge in [0.15, 0.2) is 6.17 Å². The molecule has 0 radical (unpaired) electrons. The number of rotatable bonds is 7. The van der Waals surface area contributed by atoms with Crippen LogP contribution < -0.4 is 11.1 Å². The van der Waals surface area contributed by atoms with Crippen molar-refractivity contribution in [1.29, 1.82) is 0 Å². The van der Waals surface area contributed by atoms with E-state index < -0.39 is 40.4 Å². The number of non-ortho nitro benzene ring substituents is 1. The second-order valence-corrected chi connectivity index (χ2v) is 8.57. The van der Waals surface area contributed by atoms with Crippen molar-refractivity contribution in [2.24, 2.45) is 5.73 Å². The molecule has 38 heavy (non-hydrogen) atoms. The van der Waals surface area contributed by atoms with Crippen LogP contribution in [0, 0.1) is 21.7 Å². The molecule has 1 unspecified atom stereocenters. The largest absolute Gasteiger partial charge is 0.349 e. The second-order valence-electron chi connectivity index (χ2n) is 8.57. The minimum Gasteiger partial charge on any atom is -0.349 e. The Hall–Kier alpha value is -4.71. The van der Waals surface area contributed by atoms with Crippen LogP contribution in [0.3, 0.4) is 0 Å². The first-order valence-electron chi connectivity index (χ1n) is 11.6. The van der Waals surface area contributed by atoms with E-state index in [4.69, 9.17) is 5.73 Å². The zero-order valence-electron chi connectivity index (χ0n) is 20.0. The molecule has 3 amide bonds. The van der Waals surface area contributed by atoms with E-state index >= 15 is 0 Å². The first kappa shape index (κ1) is 26.4. The summed E-state index contributed by atoms with van der Waals surface area (Å²) in [7, 11) is 0. The summed E-state index contributed by atoms with van der Waals surface area (Å²) >= 11 is 0. The number of hydrogen-bond acceptors (Lipinski definition) is 6. The number of hydrogen-bond donors (Lipinski definition) is 2. The highest BCUT2D eigenvalue weighted by Crippen LogP contribution is 2.23. The SMILES string of the molecule is NCc1cccc(CNC(=O)C2N(C(=O)c3ccc([N+](=O)[O-])cc3)CCN2C(=O)c2cc(F)cc(F)c2)c1. The summed E-state index contributed by atoms with van der Waals surface area (Å²) in [5.41, 5.74) is 6.77. The summed E-state index contributed by atoms with van der Waals surface area (Å²) in [4.78, 5) is 52.5. The maximum Gasteiger partial charge on any atom is 0.269 e. The summed E-state index contributed by atoms with van der Waals surface area (Å²) in [5, 5.41) is 13.7. The second kappa shape index (κ2) is 11.1. The summed E-state index contributed by atoms with van der Waals surface area (Å²) < 4.78 is 27.6. The molecule has 1 aliphatic heterocycles. The smallest absolute Gasteiger partial charge is 0.269 e. The number of nitrogens with one attached hydrogen (secondary N) is 1. The van der Waals surface area contributed by atoms with Crippen LogP contribution in [0.25, 0.3) is 0 Å². The predicted octanol–water partition coefficient (Wildman–Crippen LogP) is 2.57. The first-order valence-corrected chi connectivity index (χ1v) is 11.6. The standard InChI is InChI=1S/C26H23F2N5O5/c27-20-11-19(12-21(28)13-20)26(36)32-9-8-31(25(35)18-4-6-22(7-5-18)33(37)38)24(32)23(34)30-15-17-3-1-2-16(10-17)14-29/h1-7,10-13,24H,8-9,14-15,29H2,(H,30,34). The van der Waals surface area contributed by atoms with Gasteiger partial charge in [0.1, 0.15) is 11.6 Å². The molecule has 1 heterocycles. The number of nitrogens with two attached hydrogens (primary N) is 1. The van der Waals surface area contributed by atoms with Crippen LogP contribution in [0.1, 0.15) is 31.8 Å². The van der Waals surface area contributed by atoms with Crippen molar-refractivity contribution >= 4 is 23.4 Å². The zero-order chi connectivity index (χ0) is 27.4. The number of nitro benzene ring substituents is 1. The van der Waals surface area contributed by atoms with Gasteiger partial charge >= 0.3 is 0 Å². The molecule has 196 valence electrons. The normalized spacial score (nSPS) is 14.9. The van der Waals surface area contributed by atoms with Gasteiger partial charge in [-0.05, 0) is 35.4 Å². The van der Waals surface area contributed by atoms with Crippen molar-refractivity contribution in [3.63, 3.8) is 0 Å². The highest BCUT2D eigenvalue weighted by Gasteiger charge is 2.43. The van der Waals surface area contributed by atoms with Crippen LogP contribution in [-0.4, -0.2) is 51.7 Å². The third-order valence-corrected chi connectivity index (χ3v) is 6.06. The Bertz CT molecular complexity index is 1380. The van der Waals surface area contributed by atoms with E-state index in [-0.39, 0.29) is 36.4 Å². The molecule has 0 bridgehead atoms. The summed E-state index contributed by atoms with van der Waals surface area (Å²) in [6.07, 6.45) is -1.44. The average Bonchev–Trinajstić information content (AvgIpc) is 3.35. The molecule has 10 nitrogen and oxygen atoms in total. The molecular formula is C26H23F2N5O5. The molecule has 0 saturated carbocycles. The lowest BCUT2D eigenvalue weighted by Crippen LogP contribution is -2.53. The van der Waals surface area contributed by atoms with E-state index in [1.807, 2.05) is 6.07 Å². The van der Waals surface area contributed by atoms with Crippen molar-refractivity contribution in [1.82, 2.24) is 15.1 Å². The molecule has 3 N–H and O–H groups in total. The van der Waals surface area contributed by atoms with Gasteiger partial charge in [0.25, 0.3) is 23.4 Å². The Kier molecular flexibility index (Phi) is 7.72. The highest BCUT2D eigenvalue weighted by atomic mass is 19.1. The predicted molar refractivity (Wildman–Crippen MR) is 131 cm³/mol. The number of amides is 3. The number of nitrogens with zero attached hydrogens (tertiary/aromatic N) is 3. The highest BCUT2D eigenvalue weighted by molar-refractivity contribution is 6.02. The van der Waals surface area contributed by atoms with E-state index in [2.05, 4.69) is 5.32 Å². The molecule has 12 heteroatoms. The van der Waals surface area contributed by atoms with Crippen LogP contribution >= 0.6 is 0 Å². The van der Waals surface area contributed by atoms with E-state index in [1.165, 1.54) is 12.1 Å². The van der Waals surface area contributed by atoms with Crippen LogP contribution in [0.15, 0.2) is 66.7 Å². The molecule has 1 saturated heterocycles. The summed E-state index contributed by atoms with van der Waals surface area (Å²) in [5.74, 6) is -4.11. The van der Waals surface area contributed by atoms with Crippen molar-refractivity contribution in [3.8, 4) is 0 Å². The third-order valence-electron chi connectivity index (χ3n) is 6.06. The van der Waals surface area contributed by atoms with Gasteiger partial charge in [-0.3, -0.25) is 24.5 Å². The van der Waals surface area contributed by atoms with Gasteiger partial charge in [-0.15, -0.1) is 0 Å². The van der Waals surface area contributed by atoms with Crippen LogP contribution in [-0.2, 0) is 17.9 Å². The lowest BCUT2D eigenvalue weighted by atomic mass is 10.1. The van der Waals surface area contributed by atoms with E-state index in [1.54, 1.807) is 18.2 Å². The van der Waals surface area contributed by atoms with Gasteiger partial charge < -0.3 is 20.9 Å². The first-order chi connectivity index (χ1) is 18.2. The minimum atomic E-state index is -1.44. The summed E-state index contributed by atoms with van der Waals surface area (Å²) in [6.45, 7) is 0.226. The maximum absolute atomic E-state index is 13.8. The number of halogens is 2. The summed E-state index contributed by atoms with van der Waals surface area (Å²) in [6, 6.07) is 14.3. The Balaban J connectivity index is 1.62. The molecular weight excluding hydrogens is 500 g/mol. The van der Waals surface area contributed by atoms with Gasteiger partial charge in [0.05, 0.1) is 4.92 Å². The van der Waals surface area contributed by atoms with E-state index in [0.29, 0.717) is 12.6 Å². The molecule has 1 atom stereocenters. The van der Waals surface area contributed by atoms with Gasteiger partial charge in [0.2, 0.25) is 0 Å². The number of carbonyl (C=O) groups excluding carboxylic acids is 3. The van der Waals surface area contributed by atoms with Crippen molar-refractivity contribution in [3.05, 3.63) is 111 Å². The Labute approximate surface area is 215 Å². The molecule has 0 aliphatic carbocycles.